The van der Waals surface area contributed by atoms with E-state index in [9.17, 15) is 4.21 Å². The Hall–Kier alpha value is -1.41. The zero-order valence-electron chi connectivity index (χ0n) is 11.8. The Morgan fingerprint density at radius 3 is 1.68 bits per heavy atom. The molecule has 0 spiro atoms. The van der Waals surface area contributed by atoms with Crippen molar-refractivity contribution < 1.29 is 4.21 Å². The van der Waals surface area contributed by atoms with Gasteiger partial charge >= 0.3 is 0 Å². The molecule has 0 bridgehead atoms. The van der Waals surface area contributed by atoms with Gasteiger partial charge in [-0.3, -0.25) is 0 Å². The monoisotopic (exact) mass is 270 g/mol. The second kappa shape index (κ2) is 4.04. The van der Waals surface area contributed by atoms with Crippen LogP contribution in [0, 0.1) is 13.8 Å². The van der Waals surface area contributed by atoms with Crippen LogP contribution in [0.25, 0.3) is 0 Å². The Morgan fingerprint density at radius 2 is 1.26 bits per heavy atom. The van der Waals surface area contributed by atoms with E-state index >= 15 is 0 Å². The van der Waals surface area contributed by atoms with Crippen LogP contribution in [0.1, 0.15) is 36.1 Å². The van der Waals surface area contributed by atoms with Crippen molar-refractivity contribution in [3.05, 3.63) is 58.7 Å². The smallest absolute Gasteiger partial charge is 0.0855 e. The minimum absolute atomic E-state index is 0.0867. The summed E-state index contributed by atoms with van der Waals surface area (Å²) in [6.45, 7) is 8.62. The maximum atomic E-state index is 12.7. The Labute approximate surface area is 117 Å². The molecule has 1 nitrogen and oxygen atoms in total. The highest BCUT2D eigenvalue weighted by Gasteiger charge is 2.36. The Bertz CT molecular complexity index is 641. The van der Waals surface area contributed by atoms with Crippen LogP contribution in [0.4, 0.5) is 0 Å². The molecule has 2 heteroatoms. The first kappa shape index (κ1) is 12.6. The molecule has 19 heavy (non-hydrogen) atoms. The van der Waals surface area contributed by atoms with Crippen LogP contribution in [-0.4, -0.2) is 4.21 Å². The normalized spacial score (nSPS) is 16.8. The minimum Gasteiger partial charge on any atom is -0.249 e. The lowest BCUT2D eigenvalue weighted by Gasteiger charge is -2.34. The van der Waals surface area contributed by atoms with Gasteiger partial charge in [0.15, 0.2) is 0 Å². The molecule has 0 fully saturated rings. The molecule has 0 atom stereocenters. The summed E-state index contributed by atoms with van der Waals surface area (Å²) in [5, 5.41) is 0. The number of aryl methyl sites for hydroxylation is 2. The molecular weight excluding hydrogens is 252 g/mol. The van der Waals surface area contributed by atoms with E-state index in [4.69, 9.17) is 0 Å². The van der Waals surface area contributed by atoms with Gasteiger partial charge in [-0.2, -0.15) is 0 Å². The lowest BCUT2D eigenvalue weighted by Crippen LogP contribution is -2.27. The Balaban J connectivity index is 2.36. The highest BCUT2D eigenvalue weighted by atomic mass is 32.2. The molecule has 0 aromatic heterocycles. The highest BCUT2D eigenvalue weighted by molar-refractivity contribution is 7.85. The van der Waals surface area contributed by atoms with Crippen molar-refractivity contribution in [3.63, 3.8) is 0 Å². The van der Waals surface area contributed by atoms with E-state index in [1.807, 2.05) is 24.3 Å². The lowest BCUT2D eigenvalue weighted by atomic mass is 9.77. The zero-order valence-corrected chi connectivity index (χ0v) is 12.6. The van der Waals surface area contributed by atoms with Crippen molar-refractivity contribution in [2.45, 2.75) is 42.9 Å². The topological polar surface area (TPSA) is 17.1 Å². The van der Waals surface area contributed by atoms with Gasteiger partial charge < -0.3 is 0 Å². The number of benzene rings is 2. The summed E-state index contributed by atoms with van der Waals surface area (Å²) in [7, 11) is -1.05. The summed E-state index contributed by atoms with van der Waals surface area (Å²) in [6, 6.07) is 12.5. The molecule has 1 heterocycles. The van der Waals surface area contributed by atoms with E-state index in [-0.39, 0.29) is 5.41 Å². The van der Waals surface area contributed by atoms with Crippen molar-refractivity contribution in [2.24, 2.45) is 0 Å². The number of rotatable bonds is 0. The standard InChI is InChI=1S/C17H18OS/c1-11-5-7-15-13(9-11)17(3,4)14-10-12(2)6-8-16(14)19(15)18/h5-10H,1-4H3. The molecule has 2 aromatic carbocycles. The van der Waals surface area contributed by atoms with Crippen LogP contribution in [0.3, 0.4) is 0 Å². The predicted octanol–water partition coefficient (Wildman–Crippen LogP) is 4.11. The van der Waals surface area contributed by atoms with E-state index in [0.717, 1.165) is 9.79 Å². The fraction of sp³-hybridized carbons (Fsp3) is 0.294. The molecule has 0 saturated heterocycles. The summed E-state index contributed by atoms with van der Waals surface area (Å²) in [5.74, 6) is 0. The summed E-state index contributed by atoms with van der Waals surface area (Å²) in [4.78, 5) is 1.93. The van der Waals surface area contributed by atoms with Crippen LogP contribution in [0.15, 0.2) is 46.2 Å². The fourth-order valence-corrected chi connectivity index (χ4v) is 4.50. The fourth-order valence-electron chi connectivity index (χ4n) is 2.85. The first-order valence-electron chi connectivity index (χ1n) is 6.55. The van der Waals surface area contributed by atoms with Crippen LogP contribution in [-0.2, 0) is 16.2 Å². The number of hydrogen-bond acceptors (Lipinski definition) is 1. The third-order valence-electron chi connectivity index (χ3n) is 4.02. The van der Waals surface area contributed by atoms with Gasteiger partial charge in [0, 0.05) is 15.2 Å². The SMILES string of the molecule is Cc1ccc2c(c1)C(C)(C)c1cc(C)ccc1S2=O. The van der Waals surface area contributed by atoms with Crippen LogP contribution < -0.4 is 0 Å². The molecule has 3 rings (SSSR count). The lowest BCUT2D eigenvalue weighted by molar-refractivity contribution is 0.592. The van der Waals surface area contributed by atoms with Gasteiger partial charge in [-0.1, -0.05) is 49.2 Å². The van der Waals surface area contributed by atoms with Gasteiger partial charge in [-0.05, 0) is 37.1 Å². The van der Waals surface area contributed by atoms with Gasteiger partial charge in [0.2, 0.25) is 0 Å². The third-order valence-corrected chi connectivity index (χ3v) is 5.53. The number of hydrogen-bond donors (Lipinski definition) is 0. The van der Waals surface area contributed by atoms with Gasteiger partial charge in [0.1, 0.15) is 0 Å². The first-order valence-corrected chi connectivity index (χ1v) is 7.70. The van der Waals surface area contributed by atoms with Gasteiger partial charge in [0.05, 0.1) is 10.8 Å². The third kappa shape index (κ3) is 1.78. The van der Waals surface area contributed by atoms with E-state index in [1.54, 1.807) is 0 Å². The molecule has 0 amide bonds. The maximum Gasteiger partial charge on any atom is 0.0855 e. The summed E-state index contributed by atoms with van der Waals surface area (Å²) >= 11 is 0. The van der Waals surface area contributed by atoms with E-state index < -0.39 is 10.8 Å². The molecule has 0 radical (unpaired) electrons. The van der Waals surface area contributed by atoms with E-state index in [0.29, 0.717) is 0 Å². The molecular formula is C17H18OS. The molecule has 2 aromatic rings. The van der Waals surface area contributed by atoms with Gasteiger partial charge in [-0.15, -0.1) is 0 Å². The predicted molar refractivity (Wildman–Crippen MR) is 79.2 cm³/mol. The van der Waals surface area contributed by atoms with Crippen molar-refractivity contribution in [2.75, 3.05) is 0 Å². The summed E-state index contributed by atoms with van der Waals surface area (Å²) in [5.41, 5.74) is 4.75. The van der Waals surface area contributed by atoms with Crippen molar-refractivity contribution in [3.8, 4) is 0 Å². The van der Waals surface area contributed by atoms with Crippen molar-refractivity contribution in [1.82, 2.24) is 0 Å². The highest BCUT2D eigenvalue weighted by Crippen LogP contribution is 2.44. The molecule has 0 saturated carbocycles. The van der Waals surface area contributed by atoms with Gasteiger partial charge in [-0.25, -0.2) is 4.21 Å². The van der Waals surface area contributed by atoms with E-state index in [1.165, 1.54) is 22.3 Å². The minimum atomic E-state index is -1.05. The second-order valence-electron chi connectivity index (χ2n) is 5.89. The Morgan fingerprint density at radius 1 is 0.842 bits per heavy atom. The molecule has 1 aliphatic rings. The summed E-state index contributed by atoms with van der Waals surface area (Å²) in [6.07, 6.45) is 0. The molecule has 0 unspecified atom stereocenters. The van der Waals surface area contributed by atoms with Crippen LogP contribution in [0.5, 0.6) is 0 Å². The van der Waals surface area contributed by atoms with Crippen LogP contribution >= 0.6 is 0 Å². The number of fused-ring (bicyclic) bond motifs is 2. The maximum absolute atomic E-state index is 12.7. The quantitative estimate of drug-likeness (QED) is 0.704. The molecule has 0 aliphatic carbocycles. The van der Waals surface area contributed by atoms with E-state index in [2.05, 4.69) is 39.8 Å². The largest absolute Gasteiger partial charge is 0.249 e. The second-order valence-corrected chi connectivity index (χ2v) is 7.31. The van der Waals surface area contributed by atoms with Gasteiger partial charge in [0.25, 0.3) is 0 Å². The van der Waals surface area contributed by atoms with Crippen molar-refractivity contribution in [1.29, 1.82) is 0 Å². The molecule has 98 valence electrons. The zero-order chi connectivity index (χ0) is 13.8. The molecule has 1 aliphatic heterocycles. The summed E-state index contributed by atoms with van der Waals surface area (Å²) < 4.78 is 12.7. The van der Waals surface area contributed by atoms with Crippen LogP contribution in [0.2, 0.25) is 0 Å². The van der Waals surface area contributed by atoms with Crippen molar-refractivity contribution >= 4 is 10.8 Å². The Kier molecular flexibility index (Phi) is 2.68. The first-order chi connectivity index (χ1) is 8.91. The molecule has 0 N–H and O–H groups in total. The average Bonchev–Trinajstić information content (AvgIpc) is 2.36. The average molecular weight is 270 g/mol.